The number of hydrogen-bond donors (Lipinski definition) is 0. The highest BCUT2D eigenvalue weighted by molar-refractivity contribution is 5.96. The van der Waals surface area contributed by atoms with E-state index in [1.54, 1.807) is 6.21 Å². The molecule has 0 saturated heterocycles. The zero-order chi connectivity index (χ0) is 6.10. The van der Waals surface area contributed by atoms with Crippen LogP contribution in [0.5, 0.6) is 0 Å². The molecule has 0 radical (unpaired) electrons. The molecule has 2 heterocycles. The summed E-state index contributed by atoms with van der Waals surface area (Å²) < 4.78 is 0. The van der Waals surface area contributed by atoms with E-state index in [-0.39, 0.29) is 0 Å². The Morgan fingerprint density at radius 3 is 3.33 bits per heavy atom. The Morgan fingerprint density at radius 1 is 1.44 bits per heavy atom. The van der Waals surface area contributed by atoms with Crippen LogP contribution in [0.2, 0.25) is 0 Å². The molecule has 0 atom stereocenters. The van der Waals surface area contributed by atoms with Crippen LogP contribution < -0.4 is 0 Å². The summed E-state index contributed by atoms with van der Waals surface area (Å²) in [5.74, 6) is 0. The van der Waals surface area contributed by atoms with E-state index < -0.39 is 0 Å². The summed E-state index contributed by atoms with van der Waals surface area (Å²) in [5.41, 5.74) is 2.21. The van der Waals surface area contributed by atoms with Crippen molar-refractivity contribution in [2.24, 2.45) is 9.98 Å². The van der Waals surface area contributed by atoms with E-state index in [1.165, 1.54) is 0 Å². The minimum Gasteiger partial charge on any atom is -0.288 e. The maximum absolute atomic E-state index is 4.11. The predicted octanol–water partition coefficient (Wildman–Crippen LogP) is 0.966. The Balaban J connectivity index is 2.46. The van der Waals surface area contributed by atoms with Crippen molar-refractivity contribution < 1.29 is 0 Å². The first-order valence-electron chi connectivity index (χ1n) is 2.91. The van der Waals surface area contributed by atoms with Gasteiger partial charge in [0.1, 0.15) is 0 Å². The molecule has 2 rings (SSSR count). The number of allylic oxidation sites excluding steroid dienone is 2. The third kappa shape index (κ3) is 0.633. The van der Waals surface area contributed by atoms with E-state index in [1.807, 2.05) is 18.4 Å². The van der Waals surface area contributed by atoms with Gasteiger partial charge in [0, 0.05) is 18.0 Å². The molecular weight excluding hydrogens is 112 g/mol. The van der Waals surface area contributed by atoms with Gasteiger partial charge in [0.2, 0.25) is 0 Å². The lowest BCUT2D eigenvalue weighted by atomic mass is 10.2. The molecule has 2 aliphatic rings. The first kappa shape index (κ1) is 4.68. The van der Waals surface area contributed by atoms with Crippen molar-refractivity contribution in [2.45, 2.75) is 0 Å². The van der Waals surface area contributed by atoms with E-state index in [0.29, 0.717) is 0 Å². The number of dihydropyridines is 1. The quantitative estimate of drug-likeness (QED) is 0.452. The van der Waals surface area contributed by atoms with Gasteiger partial charge >= 0.3 is 0 Å². The largest absolute Gasteiger partial charge is 0.288 e. The molecule has 0 amide bonds. The van der Waals surface area contributed by atoms with Crippen LogP contribution in [0.3, 0.4) is 0 Å². The minimum absolute atomic E-state index is 0.782. The van der Waals surface area contributed by atoms with Gasteiger partial charge < -0.3 is 0 Å². The van der Waals surface area contributed by atoms with Gasteiger partial charge in [-0.15, -0.1) is 0 Å². The molecular formula is C7H6N2. The number of hydrogen-bond acceptors (Lipinski definition) is 2. The number of aliphatic imine (C=N–C) groups is 2. The highest BCUT2D eigenvalue weighted by Crippen LogP contribution is 2.15. The van der Waals surface area contributed by atoms with E-state index in [0.717, 1.165) is 17.8 Å². The fraction of sp³-hybridized carbons (Fsp3) is 0.143. The smallest absolute Gasteiger partial charge is 0.0696 e. The Hall–Kier alpha value is -1.18. The summed E-state index contributed by atoms with van der Waals surface area (Å²) in [6.45, 7) is 0.782. The van der Waals surface area contributed by atoms with Gasteiger partial charge in [0.25, 0.3) is 0 Å². The SMILES string of the molecule is C1=NCC=C2N=CC=C12. The molecule has 2 aliphatic heterocycles. The summed E-state index contributed by atoms with van der Waals surface area (Å²) in [6.07, 6.45) is 7.66. The van der Waals surface area contributed by atoms with E-state index in [4.69, 9.17) is 0 Å². The second-order valence-corrected chi connectivity index (χ2v) is 1.98. The first-order valence-corrected chi connectivity index (χ1v) is 2.91. The molecule has 0 saturated carbocycles. The monoisotopic (exact) mass is 118 g/mol. The topological polar surface area (TPSA) is 24.7 Å². The van der Waals surface area contributed by atoms with Crippen LogP contribution in [-0.4, -0.2) is 19.0 Å². The average molecular weight is 118 g/mol. The zero-order valence-electron chi connectivity index (χ0n) is 4.91. The third-order valence-corrected chi connectivity index (χ3v) is 1.38. The van der Waals surface area contributed by atoms with Gasteiger partial charge in [-0.3, -0.25) is 9.98 Å². The van der Waals surface area contributed by atoms with Gasteiger partial charge in [0.05, 0.1) is 12.2 Å². The molecule has 0 fully saturated rings. The second kappa shape index (κ2) is 1.65. The minimum atomic E-state index is 0.782. The van der Waals surface area contributed by atoms with Crippen molar-refractivity contribution in [2.75, 3.05) is 6.54 Å². The summed E-state index contributed by atoms with van der Waals surface area (Å²) >= 11 is 0. The van der Waals surface area contributed by atoms with E-state index >= 15 is 0 Å². The van der Waals surface area contributed by atoms with Crippen LogP contribution in [0.1, 0.15) is 0 Å². The lowest BCUT2D eigenvalue weighted by molar-refractivity contribution is 1.19. The summed E-state index contributed by atoms with van der Waals surface area (Å²) in [4.78, 5) is 8.18. The van der Waals surface area contributed by atoms with E-state index in [9.17, 15) is 0 Å². The molecule has 0 spiro atoms. The van der Waals surface area contributed by atoms with Crippen LogP contribution in [-0.2, 0) is 0 Å². The molecule has 9 heavy (non-hydrogen) atoms. The van der Waals surface area contributed by atoms with Crippen LogP contribution in [0.15, 0.2) is 33.4 Å². The summed E-state index contributed by atoms with van der Waals surface area (Å²) in [6, 6.07) is 0. The standard InChI is InChI=1S/C7H6N2/c1-4-9-7-2-3-8-5-6(1)7/h1-2,4-5H,3H2. The first-order chi connectivity index (χ1) is 4.47. The fourth-order valence-electron chi connectivity index (χ4n) is 0.928. The van der Waals surface area contributed by atoms with Gasteiger partial charge in [-0.2, -0.15) is 0 Å². The van der Waals surface area contributed by atoms with Crippen LogP contribution in [0, 0.1) is 0 Å². The second-order valence-electron chi connectivity index (χ2n) is 1.98. The van der Waals surface area contributed by atoms with Crippen molar-refractivity contribution in [1.82, 2.24) is 0 Å². The number of fused-ring (bicyclic) bond motifs is 1. The van der Waals surface area contributed by atoms with E-state index in [2.05, 4.69) is 9.98 Å². The fourth-order valence-corrected chi connectivity index (χ4v) is 0.928. The van der Waals surface area contributed by atoms with Crippen molar-refractivity contribution in [1.29, 1.82) is 0 Å². The maximum atomic E-state index is 4.11. The van der Waals surface area contributed by atoms with Gasteiger partial charge in [-0.25, -0.2) is 0 Å². The molecule has 0 bridgehead atoms. The lowest BCUT2D eigenvalue weighted by Gasteiger charge is -2.00. The Bertz CT molecular complexity index is 244. The van der Waals surface area contributed by atoms with Crippen molar-refractivity contribution in [3.05, 3.63) is 23.4 Å². The molecule has 2 heteroatoms. The van der Waals surface area contributed by atoms with Crippen LogP contribution in [0.4, 0.5) is 0 Å². The molecule has 0 aliphatic carbocycles. The van der Waals surface area contributed by atoms with Gasteiger partial charge in [0.15, 0.2) is 0 Å². The van der Waals surface area contributed by atoms with Crippen LogP contribution >= 0.6 is 0 Å². The average Bonchev–Trinajstić information content (AvgIpc) is 2.33. The highest BCUT2D eigenvalue weighted by Gasteiger charge is 2.06. The van der Waals surface area contributed by atoms with Crippen molar-refractivity contribution in [3.8, 4) is 0 Å². The zero-order valence-corrected chi connectivity index (χ0v) is 4.91. The predicted molar refractivity (Wildman–Crippen MR) is 38.0 cm³/mol. The summed E-state index contributed by atoms with van der Waals surface area (Å²) in [5, 5.41) is 0. The molecule has 2 nitrogen and oxygen atoms in total. The highest BCUT2D eigenvalue weighted by atomic mass is 14.8. The van der Waals surface area contributed by atoms with Gasteiger partial charge in [-0.1, -0.05) is 0 Å². The molecule has 0 N–H and O–H groups in total. The number of rotatable bonds is 0. The molecule has 0 unspecified atom stereocenters. The molecule has 0 aromatic carbocycles. The normalized spacial score (nSPS) is 21.3. The van der Waals surface area contributed by atoms with Gasteiger partial charge in [-0.05, 0) is 12.2 Å². The molecule has 0 aromatic rings. The Morgan fingerprint density at radius 2 is 2.44 bits per heavy atom. The van der Waals surface area contributed by atoms with Crippen LogP contribution in [0.25, 0.3) is 0 Å². The number of nitrogens with zero attached hydrogens (tertiary/aromatic N) is 2. The van der Waals surface area contributed by atoms with Crippen molar-refractivity contribution >= 4 is 12.4 Å². The Kier molecular flexibility index (Phi) is 0.859. The Labute approximate surface area is 53.3 Å². The summed E-state index contributed by atoms with van der Waals surface area (Å²) in [7, 11) is 0. The maximum Gasteiger partial charge on any atom is 0.0696 e. The third-order valence-electron chi connectivity index (χ3n) is 1.38. The molecule has 44 valence electrons. The van der Waals surface area contributed by atoms with Crippen molar-refractivity contribution in [3.63, 3.8) is 0 Å². The lowest BCUT2D eigenvalue weighted by Crippen LogP contribution is -1.92. The molecule has 0 aromatic heterocycles.